The molecule has 4 unspecified atom stereocenters. The van der Waals surface area contributed by atoms with Crippen LogP contribution in [0.25, 0.3) is 0 Å². The molecular weight excluding hydrogens is 332 g/mol. The summed E-state index contributed by atoms with van der Waals surface area (Å²) in [7, 11) is 1.70. The van der Waals surface area contributed by atoms with Crippen LogP contribution in [0, 0.1) is 23.7 Å². The van der Waals surface area contributed by atoms with Crippen LogP contribution in [-0.2, 0) is 16.0 Å². The normalized spacial score (nSPS) is 29.6. The van der Waals surface area contributed by atoms with Crippen molar-refractivity contribution < 1.29 is 14.0 Å². The number of hydrogen-bond acceptors (Lipinski definition) is 4. The number of fused-ring (bicyclic) bond motifs is 5. The lowest BCUT2D eigenvalue weighted by atomic mass is 9.85. The van der Waals surface area contributed by atoms with Gasteiger partial charge in [-0.1, -0.05) is 12.2 Å². The van der Waals surface area contributed by atoms with E-state index >= 15 is 0 Å². The van der Waals surface area contributed by atoms with Gasteiger partial charge in [0.1, 0.15) is 5.76 Å². The Bertz CT molecular complexity index is 710. The molecule has 26 heavy (non-hydrogen) atoms. The summed E-state index contributed by atoms with van der Waals surface area (Å²) in [5.41, 5.74) is 0. The molecular formula is C19H24N4O3. The van der Waals surface area contributed by atoms with Crippen molar-refractivity contribution in [3.8, 4) is 0 Å². The molecule has 1 aliphatic heterocycles. The molecule has 3 aliphatic rings. The number of carbonyl (C=O) groups excluding carboxylic acids is 2. The van der Waals surface area contributed by atoms with E-state index in [1.165, 1.54) is 4.90 Å². The summed E-state index contributed by atoms with van der Waals surface area (Å²) in [5, 5.41) is 6.37. The Balaban J connectivity index is 1.24. The second kappa shape index (κ2) is 6.97. The molecule has 1 saturated carbocycles. The Hall–Kier alpha value is -2.57. The second-order valence-electron chi connectivity index (χ2n) is 7.08. The summed E-state index contributed by atoms with van der Waals surface area (Å²) in [4.78, 5) is 30.8. The van der Waals surface area contributed by atoms with Crippen molar-refractivity contribution in [1.29, 1.82) is 0 Å². The van der Waals surface area contributed by atoms with Crippen LogP contribution in [-0.4, -0.2) is 49.4 Å². The molecule has 7 nitrogen and oxygen atoms in total. The first-order chi connectivity index (χ1) is 12.7. The molecule has 4 atom stereocenters. The maximum absolute atomic E-state index is 12.6. The number of furan rings is 1. The number of amides is 2. The molecule has 4 rings (SSSR count). The molecule has 2 bridgehead atoms. The fourth-order valence-electron chi connectivity index (χ4n) is 4.45. The zero-order valence-corrected chi connectivity index (χ0v) is 14.9. The van der Waals surface area contributed by atoms with Crippen molar-refractivity contribution in [2.45, 2.75) is 12.8 Å². The Morgan fingerprint density at radius 2 is 1.88 bits per heavy atom. The molecule has 0 aromatic carbocycles. The molecule has 1 aromatic rings. The van der Waals surface area contributed by atoms with E-state index < -0.39 is 0 Å². The lowest BCUT2D eigenvalue weighted by molar-refractivity contribution is -0.140. The van der Waals surface area contributed by atoms with Crippen LogP contribution in [0.5, 0.6) is 0 Å². The molecule has 1 aromatic heterocycles. The fraction of sp³-hybridized carbons (Fsp3) is 0.526. The average molecular weight is 356 g/mol. The van der Waals surface area contributed by atoms with Gasteiger partial charge in [0.15, 0.2) is 5.96 Å². The van der Waals surface area contributed by atoms with Gasteiger partial charge in [0, 0.05) is 33.1 Å². The van der Waals surface area contributed by atoms with Gasteiger partial charge in [-0.05, 0) is 30.4 Å². The SMILES string of the molecule is CN=C(NCCc1ccco1)NCCN1C(=O)C2C3C=CC(C3)C2C1=O. The van der Waals surface area contributed by atoms with Gasteiger partial charge < -0.3 is 15.1 Å². The highest BCUT2D eigenvalue weighted by Gasteiger charge is 2.58. The van der Waals surface area contributed by atoms with Gasteiger partial charge in [0.25, 0.3) is 0 Å². The molecule has 138 valence electrons. The quantitative estimate of drug-likeness (QED) is 0.341. The number of allylic oxidation sites excluding steroid dienone is 2. The van der Waals surface area contributed by atoms with Gasteiger partial charge in [-0.3, -0.25) is 19.5 Å². The Morgan fingerprint density at radius 3 is 2.50 bits per heavy atom. The van der Waals surface area contributed by atoms with E-state index in [-0.39, 0.29) is 35.5 Å². The second-order valence-corrected chi connectivity index (χ2v) is 7.08. The lowest BCUT2D eigenvalue weighted by Gasteiger charge is -2.18. The van der Waals surface area contributed by atoms with Crippen molar-refractivity contribution in [2.75, 3.05) is 26.7 Å². The molecule has 2 aliphatic carbocycles. The number of hydrogen-bond donors (Lipinski definition) is 2. The summed E-state index contributed by atoms with van der Waals surface area (Å²) < 4.78 is 5.29. The highest BCUT2D eigenvalue weighted by atomic mass is 16.3. The largest absolute Gasteiger partial charge is 0.469 e. The molecule has 2 N–H and O–H groups in total. The van der Waals surface area contributed by atoms with Crippen LogP contribution in [0.3, 0.4) is 0 Å². The predicted molar refractivity (Wildman–Crippen MR) is 96.2 cm³/mol. The van der Waals surface area contributed by atoms with Crippen LogP contribution < -0.4 is 10.6 Å². The molecule has 2 fully saturated rings. The molecule has 0 spiro atoms. The van der Waals surface area contributed by atoms with Crippen molar-refractivity contribution in [3.05, 3.63) is 36.3 Å². The van der Waals surface area contributed by atoms with Crippen LogP contribution in [0.2, 0.25) is 0 Å². The number of guanidine groups is 1. The number of rotatable bonds is 6. The predicted octanol–water partition coefficient (Wildman–Crippen LogP) is 0.794. The van der Waals surface area contributed by atoms with E-state index in [0.717, 1.165) is 18.6 Å². The monoisotopic (exact) mass is 356 g/mol. The minimum absolute atomic E-state index is 0.000541. The third-order valence-corrected chi connectivity index (χ3v) is 5.66. The first-order valence-electron chi connectivity index (χ1n) is 9.19. The first-order valence-corrected chi connectivity index (χ1v) is 9.19. The molecule has 1 saturated heterocycles. The van der Waals surface area contributed by atoms with Crippen LogP contribution in [0.1, 0.15) is 12.2 Å². The van der Waals surface area contributed by atoms with Crippen LogP contribution in [0.15, 0.2) is 40.0 Å². The smallest absolute Gasteiger partial charge is 0.233 e. The van der Waals surface area contributed by atoms with Gasteiger partial charge >= 0.3 is 0 Å². The highest BCUT2D eigenvalue weighted by molar-refractivity contribution is 6.06. The number of likely N-dealkylation sites (tertiary alicyclic amines) is 1. The number of imide groups is 1. The number of nitrogens with one attached hydrogen (secondary N) is 2. The van der Waals surface area contributed by atoms with Crippen molar-refractivity contribution in [2.24, 2.45) is 28.7 Å². The molecule has 7 heteroatoms. The van der Waals surface area contributed by atoms with Gasteiger partial charge in [0.2, 0.25) is 11.8 Å². The lowest BCUT2D eigenvalue weighted by Crippen LogP contribution is -2.44. The summed E-state index contributed by atoms with van der Waals surface area (Å²) in [6.45, 7) is 1.55. The topological polar surface area (TPSA) is 86.9 Å². The standard InChI is InChI=1S/C19H24N4O3/c1-20-19(21-7-6-14-3-2-10-26-14)22-8-9-23-17(24)15-12-4-5-13(11-12)16(15)18(23)25/h2-5,10,12-13,15-16H,6-9,11H2,1H3,(H2,20,21,22). The maximum Gasteiger partial charge on any atom is 0.233 e. The van der Waals surface area contributed by atoms with Gasteiger partial charge in [-0.2, -0.15) is 0 Å². The van der Waals surface area contributed by atoms with Crippen LogP contribution >= 0.6 is 0 Å². The van der Waals surface area contributed by atoms with E-state index in [0.29, 0.717) is 25.6 Å². The summed E-state index contributed by atoms with van der Waals surface area (Å²) in [6, 6.07) is 3.80. The van der Waals surface area contributed by atoms with E-state index in [1.54, 1.807) is 13.3 Å². The minimum Gasteiger partial charge on any atom is -0.469 e. The molecule has 2 amide bonds. The van der Waals surface area contributed by atoms with Crippen LogP contribution in [0.4, 0.5) is 0 Å². The summed E-state index contributed by atoms with van der Waals surface area (Å²) in [5.74, 6) is 1.84. The zero-order valence-electron chi connectivity index (χ0n) is 14.9. The van der Waals surface area contributed by atoms with Gasteiger partial charge in [0.05, 0.1) is 18.1 Å². The van der Waals surface area contributed by atoms with E-state index in [2.05, 4.69) is 27.8 Å². The molecule has 2 heterocycles. The fourth-order valence-corrected chi connectivity index (χ4v) is 4.45. The minimum atomic E-state index is -0.122. The van der Waals surface area contributed by atoms with E-state index in [9.17, 15) is 9.59 Å². The number of carbonyl (C=O) groups is 2. The van der Waals surface area contributed by atoms with Gasteiger partial charge in [-0.15, -0.1) is 0 Å². The Morgan fingerprint density at radius 1 is 1.19 bits per heavy atom. The number of aliphatic imine (C=N–C) groups is 1. The average Bonchev–Trinajstić information content (AvgIpc) is 3.41. The van der Waals surface area contributed by atoms with Gasteiger partial charge in [-0.25, -0.2) is 0 Å². The van der Waals surface area contributed by atoms with E-state index in [4.69, 9.17) is 4.42 Å². The highest BCUT2D eigenvalue weighted by Crippen LogP contribution is 2.52. The van der Waals surface area contributed by atoms with E-state index in [1.807, 2.05) is 12.1 Å². The number of nitrogens with zero attached hydrogens (tertiary/aromatic N) is 2. The Labute approximate surface area is 152 Å². The van der Waals surface area contributed by atoms with Crippen molar-refractivity contribution in [3.63, 3.8) is 0 Å². The maximum atomic E-state index is 12.6. The third-order valence-electron chi connectivity index (χ3n) is 5.66. The summed E-state index contributed by atoms with van der Waals surface area (Å²) >= 11 is 0. The Kier molecular flexibility index (Phi) is 4.53. The van der Waals surface area contributed by atoms with Crippen molar-refractivity contribution >= 4 is 17.8 Å². The van der Waals surface area contributed by atoms with Crippen molar-refractivity contribution in [1.82, 2.24) is 15.5 Å². The third kappa shape index (κ3) is 2.91. The molecule has 0 radical (unpaired) electrons. The first kappa shape index (κ1) is 16.9. The summed E-state index contributed by atoms with van der Waals surface area (Å²) in [6.07, 6.45) is 7.61. The zero-order chi connectivity index (χ0) is 18.1.